The quantitative estimate of drug-likeness (QED) is 0.713. The van der Waals surface area contributed by atoms with Crippen LogP contribution in [0.25, 0.3) is 0 Å². The molecule has 2 fully saturated rings. The highest BCUT2D eigenvalue weighted by atomic mass is 16.3. The number of nitrogens with zero attached hydrogens (tertiary/aromatic N) is 4. The molecule has 1 saturated carbocycles. The van der Waals surface area contributed by atoms with E-state index in [1.165, 1.54) is 11.9 Å². The van der Waals surface area contributed by atoms with E-state index in [9.17, 15) is 9.90 Å². The number of aliphatic hydroxyl groups excluding tert-OH is 1. The van der Waals surface area contributed by atoms with Crippen LogP contribution in [0.5, 0.6) is 0 Å². The molecule has 3 atom stereocenters. The Morgan fingerprint density at radius 1 is 1.13 bits per heavy atom. The molecule has 1 aromatic carbocycles. The van der Waals surface area contributed by atoms with Crippen LogP contribution < -0.4 is 5.32 Å². The van der Waals surface area contributed by atoms with Crippen molar-refractivity contribution in [2.24, 2.45) is 0 Å². The van der Waals surface area contributed by atoms with Crippen LogP contribution in [0.15, 0.2) is 48.9 Å². The second kappa shape index (κ2) is 9.85. The van der Waals surface area contributed by atoms with Crippen LogP contribution in [0.4, 0.5) is 0 Å². The summed E-state index contributed by atoms with van der Waals surface area (Å²) < 4.78 is 0. The van der Waals surface area contributed by atoms with E-state index < -0.39 is 0 Å². The molecule has 166 valence electrons. The molecule has 4 rings (SSSR count). The predicted octanol–water partition coefficient (Wildman–Crippen LogP) is 1.70. The molecule has 0 bridgehead atoms. The first-order valence-electron chi connectivity index (χ1n) is 11.3. The van der Waals surface area contributed by atoms with Gasteiger partial charge < -0.3 is 15.3 Å². The molecule has 7 nitrogen and oxygen atoms in total. The number of carbonyl (C=O) groups excluding carboxylic acids is 1. The van der Waals surface area contributed by atoms with E-state index in [1.807, 2.05) is 6.07 Å². The zero-order valence-electron chi connectivity index (χ0n) is 18.3. The predicted molar refractivity (Wildman–Crippen MR) is 120 cm³/mol. The van der Waals surface area contributed by atoms with Crippen LogP contribution in [-0.4, -0.2) is 82.7 Å². The summed E-state index contributed by atoms with van der Waals surface area (Å²) in [6, 6.07) is 12.3. The van der Waals surface area contributed by atoms with Crippen LogP contribution in [-0.2, 0) is 5.41 Å². The summed E-state index contributed by atoms with van der Waals surface area (Å²) in [5.41, 5.74) is 1.40. The third-order valence-electron chi connectivity index (χ3n) is 7.08. The second-order valence-corrected chi connectivity index (χ2v) is 8.97. The molecule has 2 N–H and O–H groups in total. The second-order valence-electron chi connectivity index (χ2n) is 8.97. The maximum absolute atomic E-state index is 12.7. The third-order valence-corrected chi connectivity index (χ3v) is 7.08. The molecule has 0 radical (unpaired) electrons. The van der Waals surface area contributed by atoms with Gasteiger partial charge >= 0.3 is 0 Å². The van der Waals surface area contributed by atoms with Crippen molar-refractivity contribution in [3.8, 4) is 0 Å². The Balaban J connectivity index is 1.52. The maximum atomic E-state index is 12.7. The first-order valence-corrected chi connectivity index (χ1v) is 11.3. The Kier molecular flexibility index (Phi) is 6.95. The molecule has 2 aromatic rings. The number of aromatic nitrogens is 2. The normalized spacial score (nSPS) is 28.1. The van der Waals surface area contributed by atoms with E-state index in [2.05, 4.69) is 56.4 Å². The zero-order chi connectivity index (χ0) is 21.7. The van der Waals surface area contributed by atoms with Crippen molar-refractivity contribution in [1.29, 1.82) is 0 Å². The summed E-state index contributed by atoms with van der Waals surface area (Å²) in [6.45, 7) is 4.62. The molecule has 2 aliphatic rings. The van der Waals surface area contributed by atoms with Gasteiger partial charge in [0, 0.05) is 50.4 Å². The van der Waals surface area contributed by atoms with Crippen LogP contribution in [0.2, 0.25) is 0 Å². The van der Waals surface area contributed by atoms with Crippen LogP contribution >= 0.6 is 0 Å². The van der Waals surface area contributed by atoms with Crippen molar-refractivity contribution in [3.63, 3.8) is 0 Å². The minimum atomic E-state index is -0.341. The maximum Gasteiger partial charge on any atom is 0.270 e. The number of hydrogen-bond acceptors (Lipinski definition) is 6. The average molecular weight is 424 g/mol. The number of carbonyl (C=O) groups is 1. The lowest BCUT2D eigenvalue weighted by atomic mass is 9.74. The number of amides is 1. The van der Waals surface area contributed by atoms with Gasteiger partial charge in [0.1, 0.15) is 12.0 Å². The smallest absolute Gasteiger partial charge is 0.270 e. The summed E-state index contributed by atoms with van der Waals surface area (Å²) in [5.74, 6) is -0.182. The Morgan fingerprint density at radius 3 is 2.58 bits per heavy atom. The van der Waals surface area contributed by atoms with Crippen LogP contribution in [0.1, 0.15) is 41.7 Å². The van der Waals surface area contributed by atoms with E-state index >= 15 is 0 Å². The van der Waals surface area contributed by atoms with E-state index in [0.717, 1.165) is 51.9 Å². The Hall–Kier alpha value is -2.35. The molecule has 7 heteroatoms. The number of piperazine rings is 1. The first-order chi connectivity index (χ1) is 15.1. The molecule has 31 heavy (non-hydrogen) atoms. The Morgan fingerprint density at radius 2 is 1.87 bits per heavy atom. The summed E-state index contributed by atoms with van der Waals surface area (Å²) >= 11 is 0. The SMILES string of the molecule is CN1CCN([C@H]2CC[C@](CNC(=O)c3ccncn3)(c3ccccc3)CC[C@@H]2O)CC1. The fourth-order valence-corrected chi connectivity index (χ4v) is 5.06. The highest BCUT2D eigenvalue weighted by Gasteiger charge is 2.40. The van der Waals surface area contributed by atoms with Crippen molar-refractivity contribution >= 4 is 5.91 Å². The minimum absolute atomic E-state index is 0.178. The number of hydrogen-bond donors (Lipinski definition) is 2. The van der Waals surface area contributed by atoms with Crippen molar-refractivity contribution in [3.05, 3.63) is 60.2 Å². The van der Waals surface area contributed by atoms with E-state index in [1.54, 1.807) is 12.3 Å². The zero-order valence-corrected chi connectivity index (χ0v) is 18.3. The lowest BCUT2D eigenvalue weighted by molar-refractivity contribution is 0.0200. The monoisotopic (exact) mass is 423 g/mol. The molecule has 1 aromatic heterocycles. The van der Waals surface area contributed by atoms with Gasteiger partial charge in [-0.15, -0.1) is 0 Å². The summed E-state index contributed by atoms with van der Waals surface area (Å²) in [6.07, 6.45) is 6.05. The number of nitrogens with one attached hydrogen (secondary N) is 1. The van der Waals surface area contributed by atoms with Gasteiger partial charge in [0.05, 0.1) is 6.10 Å². The van der Waals surface area contributed by atoms with Gasteiger partial charge in [0.2, 0.25) is 0 Å². The topological polar surface area (TPSA) is 81.6 Å². The average Bonchev–Trinajstić information content (AvgIpc) is 2.99. The molecule has 0 unspecified atom stereocenters. The molecule has 1 aliphatic carbocycles. The molecule has 2 heterocycles. The Labute approximate surface area is 184 Å². The summed E-state index contributed by atoms with van der Waals surface area (Å²) in [4.78, 5) is 25.5. The van der Waals surface area contributed by atoms with Gasteiger partial charge in [-0.1, -0.05) is 30.3 Å². The van der Waals surface area contributed by atoms with Gasteiger partial charge in [0.15, 0.2) is 0 Å². The molecule has 0 spiro atoms. The molecule has 1 saturated heterocycles. The highest BCUT2D eigenvalue weighted by molar-refractivity contribution is 5.92. The molecular weight excluding hydrogens is 390 g/mol. The molecule has 1 amide bonds. The first kappa shape index (κ1) is 21.9. The van der Waals surface area contributed by atoms with Crippen LogP contribution in [0, 0.1) is 0 Å². The standard InChI is InChI=1S/C24H33N5O2/c1-28-13-15-29(16-14-28)21-7-10-24(11-8-22(21)30,19-5-3-2-4-6-19)17-26-23(31)20-9-12-25-18-27-20/h2-6,9,12,18,21-22,30H,7-8,10-11,13-17H2,1H3,(H,26,31)/t21-,22-,24-/m0/s1. The Bertz CT molecular complexity index is 842. The molecule has 1 aliphatic heterocycles. The van der Waals surface area contributed by atoms with Crippen LogP contribution in [0.3, 0.4) is 0 Å². The van der Waals surface area contributed by atoms with Gasteiger partial charge in [-0.25, -0.2) is 9.97 Å². The largest absolute Gasteiger partial charge is 0.391 e. The highest BCUT2D eigenvalue weighted by Crippen LogP contribution is 2.39. The number of benzene rings is 1. The van der Waals surface area contributed by atoms with E-state index in [0.29, 0.717) is 12.2 Å². The van der Waals surface area contributed by atoms with Gasteiger partial charge in [-0.3, -0.25) is 9.69 Å². The van der Waals surface area contributed by atoms with Crippen molar-refractivity contribution in [2.75, 3.05) is 39.8 Å². The van der Waals surface area contributed by atoms with E-state index in [-0.39, 0.29) is 23.5 Å². The van der Waals surface area contributed by atoms with Gasteiger partial charge in [-0.2, -0.15) is 0 Å². The van der Waals surface area contributed by atoms with E-state index in [4.69, 9.17) is 0 Å². The summed E-state index contributed by atoms with van der Waals surface area (Å²) in [5, 5.41) is 14.2. The fraction of sp³-hybridized carbons (Fsp3) is 0.542. The number of rotatable bonds is 5. The lowest BCUT2D eigenvalue weighted by Gasteiger charge is -2.39. The van der Waals surface area contributed by atoms with Gasteiger partial charge in [-0.05, 0) is 44.4 Å². The van der Waals surface area contributed by atoms with Crippen molar-refractivity contribution in [1.82, 2.24) is 25.1 Å². The minimum Gasteiger partial charge on any atom is -0.391 e. The summed E-state index contributed by atoms with van der Waals surface area (Å²) in [7, 11) is 2.15. The number of aliphatic hydroxyl groups is 1. The van der Waals surface area contributed by atoms with Crippen molar-refractivity contribution in [2.45, 2.75) is 43.2 Å². The van der Waals surface area contributed by atoms with Gasteiger partial charge in [0.25, 0.3) is 5.91 Å². The lowest BCUT2D eigenvalue weighted by Crippen LogP contribution is -2.52. The van der Waals surface area contributed by atoms with Crippen molar-refractivity contribution < 1.29 is 9.90 Å². The molecular formula is C24H33N5O2. The third kappa shape index (κ3) is 5.11. The number of likely N-dealkylation sites (N-methyl/N-ethyl adjacent to an activating group) is 1. The fourth-order valence-electron chi connectivity index (χ4n) is 5.06.